The number of nitrogens with two attached hydrogens (primary N) is 1. The number of aromatic hydroxyl groups is 1. The van der Waals surface area contributed by atoms with Gasteiger partial charge in [-0.2, -0.15) is 0 Å². The minimum atomic E-state index is -0.242. The number of phenols is 1. The van der Waals surface area contributed by atoms with Gasteiger partial charge >= 0.3 is 0 Å². The summed E-state index contributed by atoms with van der Waals surface area (Å²) < 4.78 is 0. The maximum absolute atomic E-state index is 9.27. The van der Waals surface area contributed by atoms with Crippen LogP contribution in [0.4, 0.5) is 0 Å². The van der Waals surface area contributed by atoms with Crippen LogP contribution in [0.2, 0.25) is 0 Å². The molecule has 0 radical (unpaired) electrons. The fourth-order valence-electron chi connectivity index (χ4n) is 1.84. The Kier molecular flexibility index (Phi) is 1.42. The number of fused-ring (bicyclic) bond motifs is 1. The number of benzene rings is 1. The van der Waals surface area contributed by atoms with Crippen molar-refractivity contribution >= 4 is 0 Å². The summed E-state index contributed by atoms with van der Waals surface area (Å²) in [6, 6.07) is 5.46. The topological polar surface area (TPSA) is 46.2 Å². The van der Waals surface area contributed by atoms with E-state index in [-0.39, 0.29) is 5.54 Å². The lowest BCUT2D eigenvalue weighted by molar-refractivity contribution is 0.464. The number of rotatable bonds is 0. The molecule has 64 valence electrons. The molecule has 0 bridgehead atoms. The average Bonchev–Trinajstić information content (AvgIpc) is 2.28. The van der Waals surface area contributed by atoms with E-state index in [1.807, 2.05) is 13.0 Å². The van der Waals surface area contributed by atoms with Crippen molar-refractivity contribution in [2.75, 3.05) is 0 Å². The van der Waals surface area contributed by atoms with Gasteiger partial charge in [-0.05, 0) is 43.0 Å². The summed E-state index contributed by atoms with van der Waals surface area (Å²) in [5, 5.41) is 9.27. The van der Waals surface area contributed by atoms with Crippen LogP contribution in [0.3, 0.4) is 0 Å². The molecule has 2 nitrogen and oxygen atoms in total. The standard InChI is InChI=1S/C10H13NO/c1-10(11)5-4-7-2-3-8(12)6-9(7)10/h2-3,6,12H,4-5,11H2,1H3. The molecule has 3 N–H and O–H groups in total. The first-order chi connectivity index (χ1) is 5.59. The number of aryl methyl sites for hydroxylation is 1. The van der Waals surface area contributed by atoms with E-state index >= 15 is 0 Å². The number of phenolic OH excluding ortho intramolecular Hbond substituents is 1. The lowest BCUT2D eigenvalue weighted by Crippen LogP contribution is -2.29. The third-order valence-corrected chi connectivity index (χ3v) is 2.62. The Morgan fingerprint density at radius 3 is 3.00 bits per heavy atom. The second-order valence-electron chi connectivity index (χ2n) is 3.76. The fraction of sp³-hybridized carbons (Fsp3) is 0.400. The zero-order chi connectivity index (χ0) is 8.77. The quantitative estimate of drug-likeness (QED) is 0.609. The molecule has 1 aliphatic carbocycles. The van der Waals surface area contributed by atoms with Gasteiger partial charge in [0.1, 0.15) is 5.75 Å². The molecule has 0 aliphatic heterocycles. The summed E-state index contributed by atoms with van der Waals surface area (Å²) in [4.78, 5) is 0. The molecule has 2 rings (SSSR count). The molecule has 2 heteroatoms. The van der Waals surface area contributed by atoms with Crippen molar-refractivity contribution in [3.05, 3.63) is 29.3 Å². The molecule has 1 aliphatic rings. The van der Waals surface area contributed by atoms with Crippen LogP contribution in [0.1, 0.15) is 24.5 Å². The van der Waals surface area contributed by atoms with Crippen molar-refractivity contribution in [2.45, 2.75) is 25.3 Å². The van der Waals surface area contributed by atoms with Crippen LogP contribution in [0, 0.1) is 0 Å². The third-order valence-electron chi connectivity index (χ3n) is 2.62. The highest BCUT2D eigenvalue weighted by Crippen LogP contribution is 2.35. The summed E-state index contributed by atoms with van der Waals surface area (Å²) in [5.74, 6) is 0.312. The van der Waals surface area contributed by atoms with Gasteiger partial charge in [0, 0.05) is 5.54 Å². The van der Waals surface area contributed by atoms with E-state index in [4.69, 9.17) is 5.73 Å². The Balaban J connectivity index is 2.57. The van der Waals surface area contributed by atoms with Gasteiger partial charge in [0.2, 0.25) is 0 Å². The van der Waals surface area contributed by atoms with E-state index in [9.17, 15) is 5.11 Å². The normalized spacial score (nSPS) is 27.2. The molecule has 12 heavy (non-hydrogen) atoms. The van der Waals surface area contributed by atoms with Crippen molar-refractivity contribution in [1.82, 2.24) is 0 Å². The minimum absolute atomic E-state index is 0.242. The van der Waals surface area contributed by atoms with E-state index < -0.39 is 0 Å². The monoisotopic (exact) mass is 163 g/mol. The van der Waals surface area contributed by atoms with Gasteiger partial charge in [-0.25, -0.2) is 0 Å². The molecule has 0 aromatic heterocycles. The highest BCUT2D eigenvalue weighted by molar-refractivity contribution is 5.42. The lowest BCUT2D eigenvalue weighted by Gasteiger charge is -2.18. The Labute approximate surface area is 72.0 Å². The highest BCUT2D eigenvalue weighted by Gasteiger charge is 2.30. The smallest absolute Gasteiger partial charge is 0.115 e. The van der Waals surface area contributed by atoms with E-state index in [1.54, 1.807) is 12.1 Å². The van der Waals surface area contributed by atoms with Gasteiger partial charge in [-0.3, -0.25) is 0 Å². The molecule has 1 atom stereocenters. The second kappa shape index (κ2) is 2.23. The van der Waals surface area contributed by atoms with Gasteiger partial charge < -0.3 is 10.8 Å². The minimum Gasteiger partial charge on any atom is -0.508 e. The van der Waals surface area contributed by atoms with Crippen LogP contribution in [-0.2, 0) is 12.0 Å². The Morgan fingerprint density at radius 2 is 2.25 bits per heavy atom. The van der Waals surface area contributed by atoms with E-state index in [1.165, 1.54) is 5.56 Å². The van der Waals surface area contributed by atoms with Crippen LogP contribution >= 0.6 is 0 Å². The largest absolute Gasteiger partial charge is 0.508 e. The molecule has 0 heterocycles. The Bertz CT molecular complexity index is 318. The first-order valence-electron chi connectivity index (χ1n) is 4.21. The molecule has 0 saturated heterocycles. The number of hydrogen-bond donors (Lipinski definition) is 2. The van der Waals surface area contributed by atoms with Crippen LogP contribution in [0.25, 0.3) is 0 Å². The average molecular weight is 163 g/mol. The van der Waals surface area contributed by atoms with E-state index in [0.29, 0.717) is 5.75 Å². The zero-order valence-corrected chi connectivity index (χ0v) is 7.17. The molecular weight excluding hydrogens is 150 g/mol. The number of hydrogen-bond acceptors (Lipinski definition) is 2. The molecule has 1 unspecified atom stereocenters. The van der Waals surface area contributed by atoms with E-state index in [2.05, 4.69) is 0 Å². The van der Waals surface area contributed by atoms with Crippen molar-refractivity contribution in [2.24, 2.45) is 5.73 Å². The summed E-state index contributed by atoms with van der Waals surface area (Å²) in [6.07, 6.45) is 2.01. The van der Waals surface area contributed by atoms with Crippen molar-refractivity contribution in [1.29, 1.82) is 0 Å². The van der Waals surface area contributed by atoms with E-state index in [0.717, 1.165) is 18.4 Å². The summed E-state index contributed by atoms with van der Waals surface area (Å²) >= 11 is 0. The Morgan fingerprint density at radius 1 is 1.50 bits per heavy atom. The molecule has 0 amide bonds. The predicted octanol–water partition coefficient (Wildman–Crippen LogP) is 1.51. The van der Waals surface area contributed by atoms with Crippen molar-refractivity contribution < 1.29 is 5.11 Å². The maximum atomic E-state index is 9.27. The molecule has 1 aromatic carbocycles. The molecule has 0 saturated carbocycles. The lowest BCUT2D eigenvalue weighted by atomic mass is 9.96. The van der Waals surface area contributed by atoms with Crippen LogP contribution < -0.4 is 5.73 Å². The van der Waals surface area contributed by atoms with Crippen molar-refractivity contribution in [3.8, 4) is 5.75 Å². The van der Waals surface area contributed by atoms with Gasteiger partial charge in [0.25, 0.3) is 0 Å². The van der Waals surface area contributed by atoms with Crippen LogP contribution in [0.15, 0.2) is 18.2 Å². The van der Waals surface area contributed by atoms with Gasteiger partial charge in [-0.15, -0.1) is 0 Å². The first-order valence-corrected chi connectivity index (χ1v) is 4.21. The van der Waals surface area contributed by atoms with Gasteiger partial charge in [0.05, 0.1) is 0 Å². The summed E-state index contributed by atoms with van der Waals surface area (Å²) in [5.41, 5.74) is 8.18. The molecule has 0 spiro atoms. The SMILES string of the molecule is CC1(N)CCc2ccc(O)cc21. The van der Waals surface area contributed by atoms with Gasteiger partial charge in [-0.1, -0.05) is 6.07 Å². The Hall–Kier alpha value is -1.02. The maximum Gasteiger partial charge on any atom is 0.115 e. The zero-order valence-electron chi connectivity index (χ0n) is 7.17. The fourth-order valence-corrected chi connectivity index (χ4v) is 1.84. The highest BCUT2D eigenvalue weighted by atomic mass is 16.3. The van der Waals surface area contributed by atoms with Crippen LogP contribution in [0.5, 0.6) is 5.75 Å². The summed E-state index contributed by atoms with van der Waals surface area (Å²) in [6.45, 7) is 2.01. The van der Waals surface area contributed by atoms with Crippen LogP contribution in [-0.4, -0.2) is 5.11 Å². The molecule has 0 fully saturated rings. The van der Waals surface area contributed by atoms with Crippen molar-refractivity contribution in [3.63, 3.8) is 0 Å². The predicted molar refractivity (Wildman–Crippen MR) is 48.0 cm³/mol. The third kappa shape index (κ3) is 0.994. The first kappa shape index (κ1) is 7.62. The second-order valence-corrected chi connectivity index (χ2v) is 3.76. The molecule has 1 aromatic rings. The molecular formula is C10H13NO. The van der Waals surface area contributed by atoms with Gasteiger partial charge in [0.15, 0.2) is 0 Å². The summed E-state index contributed by atoms with van der Waals surface area (Å²) in [7, 11) is 0.